The van der Waals surface area contributed by atoms with E-state index in [0.717, 1.165) is 11.3 Å². The number of nitrogens with zero attached hydrogens (tertiary/aromatic N) is 1. The van der Waals surface area contributed by atoms with Gasteiger partial charge in [-0.1, -0.05) is 18.2 Å². The summed E-state index contributed by atoms with van der Waals surface area (Å²) in [5, 5.41) is 10.1. The molecule has 1 aromatic heterocycles. The van der Waals surface area contributed by atoms with Gasteiger partial charge in [0.25, 0.3) is 0 Å². The van der Waals surface area contributed by atoms with E-state index in [1.165, 1.54) is 0 Å². The van der Waals surface area contributed by atoms with Gasteiger partial charge in [-0.3, -0.25) is 0 Å². The molecule has 1 heterocycles. The number of benzene rings is 1. The maximum atomic E-state index is 10.1. The fourth-order valence-electron chi connectivity index (χ4n) is 1.71. The van der Waals surface area contributed by atoms with Crippen LogP contribution in [0.25, 0.3) is 0 Å². The number of methoxy groups -OCH3 is 1. The third-order valence-electron chi connectivity index (χ3n) is 2.64. The Morgan fingerprint density at radius 3 is 2.56 bits per heavy atom. The van der Waals surface area contributed by atoms with Crippen molar-refractivity contribution < 1.29 is 31.4 Å². The fraction of sp³-hybridized carbons (Fsp3) is 0.214. The van der Waals surface area contributed by atoms with E-state index in [0.29, 0.717) is 6.54 Å². The van der Waals surface area contributed by atoms with E-state index in [2.05, 4.69) is 0 Å². The maximum Gasteiger partial charge on any atom is 0.178 e. The van der Waals surface area contributed by atoms with Crippen LogP contribution in [0.5, 0.6) is 5.75 Å². The normalized spacial score (nSPS) is 11.4. The number of aromatic nitrogens is 1. The van der Waals surface area contributed by atoms with Crippen LogP contribution < -0.4 is 26.3 Å². The minimum absolute atomic E-state index is 0. The molecule has 1 atom stereocenters. The number of pyridine rings is 1. The summed E-state index contributed by atoms with van der Waals surface area (Å²) in [6.45, 7) is 0.536. The molecule has 3 nitrogen and oxygen atoms in total. The second-order valence-corrected chi connectivity index (χ2v) is 3.86. The molecule has 0 bridgehead atoms. The summed E-state index contributed by atoms with van der Waals surface area (Å²) in [6.07, 6.45) is 3.34. The maximum absolute atomic E-state index is 10.1. The molecule has 0 radical (unpaired) electrons. The molecule has 0 saturated heterocycles. The van der Waals surface area contributed by atoms with Crippen LogP contribution in [-0.4, -0.2) is 12.2 Å². The zero-order chi connectivity index (χ0) is 12.1. The number of ether oxygens (including phenoxy) is 1. The van der Waals surface area contributed by atoms with Crippen molar-refractivity contribution in [2.45, 2.75) is 12.6 Å². The second-order valence-electron chi connectivity index (χ2n) is 3.86. The lowest BCUT2D eigenvalue weighted by molar-refractivity contribution is -0.704. The average Bonchev–Trinajstić information content (AvgIpc) is 2.40. The van der Waals surface area contributed by atoms with Gasteiger partial charge in [0.15, 0.2) is 18.9 Å². The number of aliphatic hydroxyl groups is 1. The average molecular weight is 310 g/mol. The number of hydrogen-bond donors (Lipinski definition) is 1. The van der Waals surface area contributed by atoms with E-state index < -0.39 is 6.10 Å². The lowest BCUT2D eigenvalue weighted by atomic mass is 10.1. The number of hydrogen-bond acceptors (Lipinski definition) is 2. The zero-order valence-corrected chi connectivity index (χ0v) is 11.7. The Morgan fingerprint density at radius 1 is 1.17 bits per heavy atom. The smallest absolute Gasteiger partial charge is 0.178 e. The second kappa shape index (κ2) is 7.13. The van der Waals surface area contributed by atoms with Gasteiger partial charge in [-0.25, -0.2) is 4.57 Å². The molecule has 0 aliphatic carbocycles. The van der Waals surface area contributed by atoms with Crippen LogP contribution in [0.15, 0.2) is 54.9 Å². The number of halogens is 1. The van der Waals surface area contributed by atoms with Crippen LogP contribution in [0.4, 0.5) is 0 Å². The van der Waals surface area contributed by atoms with Gasteiger partial charge in [0.2, 0.25) is 0 Å². The first-order valence-corrected chi connectivity index (χ1v) is 5.55. The Kier molecular flexibility index (Phi) is 5.82. The highest BCUT2D eigenvalue weighted by Crippen LogP contribution is 2.18. The highest BCUT2D eigenvalue weighted by atomic mass is 79.9. The van der Waals surface area contributed by atoms with Gasteiger partial charge in [0.1, 0.15) is 11.9 Å². The largest absolute Gasteiger partial charge is 1.00 e. The first-order chi connectivity index (χ1) is 8.29. The zero-order valence-electron chi connectivity index (χ0n) is 10.2. The Balaban J connectivity index is 0.00000162. The number of rotatable bonds is 4. The van der Waals surface area contributed by atoms with Crippen LogP contribution in [0.3, 0.4) is 0 Å². The summed E-state index contributed by atoms with van der Waals surface area (Å²) < 4.78 is 7.09. The molecule has 0 aliphatic heterocycles. The summed E-state index contributed by atoms with van der Waals surface area (Å²) in [6, 6.07) is 13.3. The minimum atomic E-state index is -0.530. The van der Waals surface area contributed by atoms with Gasteiger partial charge in [-0.05, 0) is 17.7 Å². The van der Waals surface area contributed by atoms with Crippen molar-refractivity contribution in [3.63, 3.8) is 0 Å². The standard InChI is InChI=1S/C14H16NO2.BrH/c1-17-13-7-5-6-12(10-13)14(16)11-15-8-3-2-4-9-15;/h2-10,14,16H,11H2,1H3;1H/q+1;/p-1. The van der Waals surface area contributed by atoms with E-state index in [1.807, 2.05) is 59.4 Å². The molecule has 2 rings (SSSR count). The molecule has 0 saturated carbocycles. The molecule has 96 valence electrons. The molecule has 1 unspecified atom stereocenters. The van der Waals surface area contributed by atoms with Gasteiger partial charge in [0.05, 0.1) is 7.11 Å². The molecule has 1 N–H and O–H groups in total. The van der Waals surface area contributed by atoms with E-state index in [-0.39, 0.29) is 17.0 Å². The first kappa shape index (κ1) is 14.7. The third-order valence-corrected chi connectivity index (χ3v) is 2.64. The lowest BCUT2D eigenvalue weighted by Gasteiger charge is -2.09. The summed E-state index contributed by atoms with van der Waals surface area (Å²) in [4.78, 5) is 0. The van der Waals surface area contributed by atoms with Gasteiger partial charge in [-0.15, -0.1) is 0 Å². The van der Waals surface area contributed by atoms with Crippen molar-refractivity contribution in [1.29, 1.82) is 0 Å². The summed E-state index contributed by atoms with van der Waals surface area (Å²) in [5.74, 6) is 0.764. The topological polar surface area (TPSA) is 33.3 Å². The van der Waals surface area contributed by atoms with Crippen LogP contribution in [0.1, 0.15) is 11.7 Å². The Labute approximate surface area is 117 Å². The van der Waals surface area contributed by atoms with Gasteiger partial charge < -0.3 is 26.8 Å². The van der Waals surface area contributed by atoms with E-state index in [9.17, 15) is 5.11 Å². The third kappa shape index (κ3) is 3.82. The van der Waals surface area contributed by atoms with Gasteiger partial charge >= 0.3 is 0 Å². The fourth-order valence-corrected chi connectivity index (χ4v) is 1.71. The van der Waals surface area contributed by atoms with Crippen molar-refractivity contribution in [2.75, 3.05) is 7.11 Å². The van der Waals surface area contributed by atoms with E-state index in [1.54, 1.807) is 7.11 Å². The van der Waals surface area contributed by atoms with Gasteiger partial charge in [0, 0.05) is 12.1 Å². The van der Waals surface area contributed by atoms with Crippen molar-refractivity contribution in [1.82, 2.24) is 0 Å². The predicted octanol–water partition coefficient (Wildman–Crippen LogP) is -1.28. The first-order valence-electron chi connectivity index (χ1n) is 5.55. The molecular formula is C14H16BrNO2. The Bertz CT molecular complexity index is 476. The highest BCUT2D eigenvalue weighted by molar-refractivity contribution is 5.29. The highest BCUT2D eigenvalue weighted by Gasteiger charge is 2.13. The molecule has 4 heteroatoms. The van der Waals surface area contributed by atoms with Crippen LogP contribution >= 0.6 is 0 Å². The van der Waals surface area contributed by atoms with Crippen LogP contribution in [0, 0.1) is 0 Å². The molecular weight excluding hydrogens is 294 g/mol. The molecule has 0 spiro atoms. The van der Waals surface area contributed by atoms with Crippen molar-refractivity contribution in [2.24, 2.45) is 0 Å². The molecule has 2 aromatic rings. The molecule has 1 aromatic carbocycles. The van der Waals surface area contributed by atoms with Crippen molar-refractivity contribution in [3.05, 3.63) is 60.4 Å². The summed E-state index contributed by atoms with van der Waals surface area (Å²) in [5.41, 5.74) is 0.862. The quantitative estimate of drug-likeness (QED) is 0.714. The van der Waals surface area contributed by atoms with Crippen LogP contribution in [0.2, 0.25) is 0 Å². The van der Waals surface area contributed by atoms with E-state index >= 15 is 0 Å². The molecule has 0 fully saturated rings. The van der Waals surface area contributed by atoms with Crippen molar-refractivity contribution >= 4 is 0 Å². The Morgan fingerprint density at radius 2 is 1.89 bits per heavy atom. The molecule has 18 heavy (non-hydrogen) atoms. The number of aliphatic hydroxyl groups excluding tert-OH is 1. The van der Waals surface area contributed by atoms with Crippen LogP contribution in [-0.2, 0) is 6.54 Å². The Hall–Kier alpha value is -1.39. The summed E-state index contributed by atoms with van der Waals surface area (Å²) >= 11 is 0. The van der Waals surface area contributed by atoms with Crippen molar-refractivity contribution in [3.8, 4) is 5.75 Å². The minimum Gasteiger partial charge on any atom is -1.00 e. The molecule has 0 amide bonds. The SMILES string of the molecule is COc1cccc(C(O)C[n+]2ccccc2)c1.[Br-]. The van der Waals surface area contributed by atoms with E-state index in [4.69, 9.17) is 4.74 Å². The monoisotopic (exact) mass is 309 g/mol. The lowest BCUT2D eigenvalue weighted by Crippen LogP contribution is -3.00. The summed E-state index contributed by atoms with van der Waals surface area (Å²) in [7, 11) is 1.62. The predicted molar refractivity (Wildman–Crippen MR) is 64.6 cm³/mol. The molecule has 0 aliphatic rings. The van der Waals surface area contributed by atoms with Gasteiger partial charge in [-0.2, -0.15) is 0 Å².